The van der Waals surface area contributed by atoms with Gasteiger partial charge in [-0.25, -0.2) is 4.79 Å². The molecule has 1 aliphatic carbocycles. The molecule has 3 atom stereocenters. The van der Waals surface area contributed by atoms with E-state index in [4.69, 9.17) is 4.74 Å². The molecule has 1 aromatic heterocycles. The predicted octanol–water partition coefficient (Wildman–Crippen LogP) is 1.63. The molecule has 1 saturated carbocycles. The maximum Gasteiger partial charge on any atom is 0.315 e. The highest BCUT2D eigenvalue weighted by molar-refractivity contribution is 5.74. The van der Waals surface area contributed by atoms with Crippen LogP contribution in [0.2, 0.25) is 0 Å². The quantitative estimate of drug-likeness (QED) is 0.819. The van der Waals surface area contributed by atoms with Crippen LogP contribution in [0.3, 0.4) is 0 Å². The maximum atomic E-state index is 12.3. The molecule has 2 aliphatic rings. The number of hydrogen-bond donors (Lipinski definition) is 2. The second-order valence-electron chi connectivity index (χ2n) is 7.32. The average molecular weight is 349 g/mol. The van der Waals surface area contributed by atoms with Crippen molar-refractivity contribution >= 4 is 6.03 Å². The molecule has 1 saturated heterocycles. The largest absolute Gasteiger partial charge is 0.379 e. The molecule has 0 bridgehead atoms. The van der Waals surface area contributed by atoms with E-state index in [9.17, 15) is 4.79 Å². The molecule has 1 aromatic rings. The molecular weight excluding hydrogens is 318 g/mol. The predicted molar refractivity (Wildman–Crippen MR) is 96.5 cm³/mol. The monoisotopic (exact) mass is 349 g/mol. The first-order chi connectivity index (χ1) is 12.2. The van der Waals surface area contributed by atoms with E-state index in [1.807, 2.05) is 16.9 Å². The zero-order chi connectivity index (χ0) is 17.5. The van der Waals surface area contributed by atoms with Crippen molar-refractivity contribution in [3.8, 4) is 0 Å². The minimum absolute atomic E-state index is 0.0575. The van der Waals surface area contributed by atoms with Crippen molar-refractivity contribution in [1.29, 1.82) is 0 Å². The van der Waals surface area contributed by atoms with Crippen LogP contribution >= 0.6 is 0 Å². The van der Waals surface area contributed by atoms with E-state index < -0.39 is 0 Å². The number of ether oxygens (including phenoxy) is 1. The summed E-state index contributed by atoms with van der Waals surface area (Å²) in [4.78, 5) is 14.7. The molecule has 0 aromatic carbocycles. The summed E-state index contributed by atoms with van der Waals surface area (Å²) in [5, 5.41) is 10.6. The van der Waals surface area contributed by atoms with Crippen molar-refractivity contribution in [3.63, 3.8) is 0 Å². The Labute approximate surface area is 150 Å². The van der Waals surface area contributed by atoms with E-state index in [0.717, 1.165) is 52.1 Å². The van der Waals surface area contributed by atoms with Crippen LogP contribution in [0, 0.1) is 5.92 Å². The van der Waals surface area contributed by atoms with Crippen LogP contribution in [-0.2, 0) is 4.74 Å². The first-order valence-electron chi connectivity index (χ1n) is 9.56. The van der Waals surface area contributed by atoms with Crippen LogP contribution < -0.4 is 10.6 Å². The molecule has 140 valence electrons. The molecule has 2 heterocycles. The van der Waals surface area contributed by atoms with Crippen LogP contribution in [0.1, 0.15) is 38.6 Å². The molecule has 0 spiro atoms. The normalized spacial score (nSPS) is 26.1. The fourth-order valence-electron chi connectivity index (χ4n) is 3.85. The van der Waals surface area contributed by atoms with Gasteiger partial charge in [-0.2, -0.15) is 5.10 Å². The second-order valence-corrected chi connectivity index (χ2v) is 7.32. The fraction of sp³-hybridized carbons (Fsp3) is 0.778. The third-order valence-electron chi connectivity index (χ3n) is 5.20. The van der Waals surface area contributed by atoms with Gasteiger partial charge in [0.15, 0.2) is 0 Å². The van der Waals surface area contributed by atoms with Gasteiger partial charge in [0.25, 0.3) is 0 Å². The zero-order valence-electron chi connectivity index (χ0n) is 15.2. The van der Waals surface area contributed by atoms with Crippen LogP contribution in [-0.4, -0.2) is 66.1 Å². The summed E-state index contributed by atoms with van der Waals surface area (Å²) in [6.45, 7) is 7.50. The van der Waals surface area contributed by atoms with Gasteiger partial charge in [-0.1, -0.05) is 19.8 Å². The van der Waals surface area contributed by atoms with Gasteiger partial charge in [-0.15, -0.1) is 0 Å². The lowest BCUT2D eigenvalue weighted by atomic mass is 9.90. The SMILES string of the molecule is C[C@H](CNC(=O)N[C@@H]1CCCC[C@@H]1n1cccn1)CN1CCOCC1. The number of carbonyl (C=O) groups excluding carboxylic acids is 1. The van der Waals surface area contributed by atoms with Crippen LogP contribution in [0.5, 0.6) is 0 Å². The summed E-state index contributed by atoms with van der Waals surface area (Å²) in [7, 11) is 0. The van der Waals surface area contributed by atoms with Gasteiger partial charge >= 0.3 is 6.03 Å². The van der Waals surface area contributed by atoms with Crippen molar-refractivity contribution in [2.24, 2.45) is 5.92 Å². The summed E-state index contributed by atoms with van der Waals surface area (Å²) in [5.74, 6) is 0.428. The number of rotatable bonds is 6. The smallest absolute Gasteiger partial charge is 0.315 e. The lowest BCUT2D eigenvalue weighted by molar-refractivity contribution is 0.0319. The molecule has 1 aliphatic heterocycles. The van der Waals surface area contributed by atoms with Crippen molar-refractivity contribution in [2.75, 3.05) is 39.4 Å². The molecule has 0 radical (unpaired) electrons. The summed E-state index contributed by atoms with van der Waals surface area (Å²) < 4.78 is 7.37. The van der Waals surface area contributed by atoms with Gasteiger partial charge in [0, 0.05) is 38.6 Å². The number of carbonyl (C=O) groups is 1. The van der Waals surface area contributed by atoms with Gasteiger partial charge in [0.05, 0.1) is 25.3 Å². The highest BCUT2D eigenvalue weighted by Crippen LogP contribution is 2.27. The lowest BCUT2D eigenvalue weighted by Crippen LogP contribution is -2.49. The molecular formula is C18H31N5O2. The number of nitrogens with one attached hydrogen (secondary N) is 2. The molecule has 0 unspecified atom stereocenters. The first-order valence-corrected chi connectivity index (χ1v) is 9.56. The van der Waals surface area contributed by atoms with Crippen LogP contribution in [0.15, 0.2) is 18.5 Å². The Morgan fingerprint density at radius 1 is 1.32 bits per heavy atom. The van der Waals surface area contributed by atoms with Gasteiger partial charge in [0.1, 0.15) is 0 Å². The van der Waals surface area contributed by atoms with E-state index in [0.29, 0.717) is 12.5 Å². The highest BCUT2D eigenvalue weighted by Gasteiger charge is 2.28. The number of urea groups is 1. The molecule has 2 amide bonds. The number of nitrogens with zero attached hydrogens (tertiary/aromatic N) is 3. The first kappa shape index (κ1) is 18.2. The number of amides is 2. The molecule has 7 nitrogen and oxygen atoms in total. The van der Waals surface area contributed by atoms with Crippen LogP contribution in [0.25, 0.3) is 0 Å². The van der Waals surface area contributed by atoms with Gasteiger partial charge in [-0.3, -0.25) is 9.58 Å². The third kappa shape index (κ3) is 5.44. The summed E-state index contributed by atoms with van der Waals surface area (Å²) in [6.07, 6.45) is 8.24. The Bertz CT molecular complexity index is 516. The number of morpholine rings is 1. The summed E-state index contributed by atoms with van der Waals surface area (Å²) in [6, 6.07) is 2.31. The Hall–Kier alpha value is -1.60. The molecule has 7 heteroatoms. The lowest BCUT2D eigenvalue weighted by Gasteiger charge is -2.32. The Balaban J connectivity index is 1.41. The van der Waals surface area contributed by atoms with Crippen molar-refractivity contribution in [2.45, 2.75) is 44.7 Å². The molecule has 2 N–H and O–H groups in total. The Kier molecular flexibility index (Phi) is 6.69. The third-order valence-corrected chi connectivity index (χ3v) is 5.20. The van der Waals surface area contributed by atoms with E-state index in [-0.39, 0.29) is 18.1 Å². The van der Waals surface area contributed by atoms with Crippen molar-refractivity contribution < 1.29 is 9.53 Å². The standard InChI is InChI=1S/C18H31N5O2/c1-15(14-22-9-11-25-12-10-22)13-19-18(24)21-16-5-2-3-6-17(16)23-8-4-7-20-23/h4,7-8,15-17H,2-3,5-6,9-14H2,1H3,(H2,19,21,24)/t15-,16-,17+/m1/s1. The molecule has 2 fully saturated rings. The van der Waals surface area contributed by atoms with E-state index in [1.54, 1.807) is 6.20 Å². The number of hydrogen-bond acceptors (Lipinski definition) is 4. The Morgan fingerprint density at radius 3 is 2.88 bits per heavy atom. The summed E-state index contributed by atoms with van der Waals surface area (Å²) in [5.41, 5.74) is 0. The Morgan fingerprint density at radius 2 is 2.12 bits per heavy atom. The van der Waals surface area contributed by atoms with Crippen LogP contribution in [0.4, 0.5) is 4.79 Å². The topological polar surface area (TPSA) is 71.4 Å². The van der Waals surface area contributed by atoms with Crippen molar-refractivity contribution in [3.05, 3.63) is 18.5 Å². The average Bonchev–Trinajstić information content (AvgIpc) is 3.16. The minimum atomic E-state index is -0.0575. The van der Waals surface area contributed by atoms with Crippen molar-refractivity contribution in [1.82, 2.24) is 25.3 Å². The second kappa shape index (κ2) is 9.20. The van der Waals surface area contributed by atoms with Gasteiger partial charge < -0.3 is 15.4 Å². The minimum Gasteiger partial charge on any atom is -0.379 e. The van der Waals surface area contributed by atoms with Gasteiger partial charge in [-0.05, 0) is 24.8 Å². The fourth-order valence-corrected chi connectivity index (χ4v) is 3.85. The van der Waals surface area contributed by atoms with Gasteiger partial charge in [0.2, 0.25) is 0 Å². The van der Waals surface area contributed by atoms with E-state index >= 15 is 0 Å². The molecule has 25 heavy (non-hydrogen) atoms. The molecule has 3 rings (SSSR count). The van der Waals surface area contributed by atoms with E-state index in [2.05, 4.69) is 27.6 Å². The van der Waals surface area contributed by atoms with E-state index in [1.165, 1.54) is 6.42 Å². The summed E-state index contributed by atoms with van der Waals surface area (Å²) >= 11 is 0. The number of aromatic nitrogens is 2. The maximum absolute atomic E-state index is 12.3. The zero-order valence-corrected chi connectivity index (χ0v) is 15.2. The highest BCUT2D eigenvalue weighted by atomic mass is 16.5.